The van der Waals surface area contributed by atoms with Crippen LogP contribution in [0.25, 0.3) is 0 Å². The van der Waals surface area contributed by atoms with Gasteiger partial charge in [-0.1, -0.05) is 22.0 Å². The Labute approximate surface area is 134 Å². The van der Waals surface area contributed by atoms with E-state index < -0.39 is 12.0 Å². The van der Waals surface area contributed by atoms with Crippen molar-refractivity contribution >= 4 is 45.0 Å². The molecular weight excluding hydrogens is 356 g/mol. The summed E-state index contributed by atoms with van der Waals surface area (Å²) in [6.45, 7) is 1.87. The van der Waals surface area contributed by atoms with Gasteiger partial charge in [0, 0.05) is 9.35 Å². The minimum atomic E-state index is -1.09. The van der Waals surface area contributed by atoms with Crippen molar-refractivity contribution < 1.29 is 14.7 Å². The molecule has 21 heavy (non-hydrogen) atoms. The maximum atomic E-state index is 12.0. The van der Waals surface area contributed by atoms with Crippen LogP contribution in [0, 0.1) is 0 Å². The molecule has 0 aliphatic heterocycles. The van der Waals surface area contributed by atoms with E-state index in [4.69, 9.17) is 5.11 Å². The van der Waals surface area contributed by atoms with Crippen LogP contribution in [-0.4, -0.2) is 17.1 Å². The van der Waals surface area contributed by atoms with E-state index in [1.807, 2.05) is 24.4 Å². The van der Waals surface area contributed by atoms with Crippen LogP contribution in [0.15, 0.2) is 40.2 Å². The Morgan fingerprint density at radius 3 is 2.71 bits per heavy atom. The smallest absolute Gasteiger partial charge is 0.337 e. The Hall–Kier alpha value is -1.86. The highest BCUT2D eigenvalue weighted by atomic mass is 79.9. The average molecular weight is 369 g/mol. The highest BCUT2D eigenvalue weighted by Crippen LogP contribution is 2.22. The molecule has 1 unspecified atom stereocenters. The van der Waals surface area contributed by atoms with Gasteiger partial charge in [-0.05, 0) is 36.6 Å². The van der Waals surface area contributed by atoms with Gasteiger partial charge in [0.2, 0.25) is 0 Å². The lowest BCUT2D eigenvalue weighted by molar-refractivity contribution is 0.0698. The Balaban J connectivity index is 2.09. The van der Waals surface area contributed by atoms with Crippen molar-refractivity contribution in [2.24, 2.45) is 0 Å². The fourth-order valence-corrected chi connectivity index (χ4v) is 2.87. The van der Waals surface area contributed by atoms with Crippen molar-refractivity contribution in [3.05, 3.63) is 50.6 Å². The standard InChI is InChI=1S/C14H13BrN2O3S/c1-8(12-3-2-6-21-12)16-14(20)17-11-7-9(15)4-5-10(11)13(18)19/h2-8H,1H3,(H,18,19)(H2,16,17,20). The van der Waals surface area contributed by atoms with Gasteiger partial charge in [0.1, 0.15) is 0 Å². The molecule has 0 fully saturated rings. The zero-order chi connectivity index (χ0) is 15.4. The molecule has 7 heteroatoms. The van der Waals surface area contributed by atoms with Crippen LogP contribution < -0.4 is 10.6 Å². The maximum absolute atomic E-state index is 12.0. The molecule has 110 valence electrons. The van der Waals surface area contributed by atoms with Gasteiger partial charge in [-0.25, -0.2) is 9.59 Å². The van der Waals surface area contributed by atoms with E-state index >= 15 is 0 Å². The SMILES string of the molecule is CC(NC(=O)Nc1cc(Br)ccc1C(=O)O)c1cccs1. The number of nitrogens with one attached hydrogen (secondary N) is 2. The Kier molecular flexibility index (Phi) is 4.98. The molecule has 1 atom stereocenters. The minimum Gasteiger partial charge on any atom is -0.478 e. The minimum absolute atomic E-state index is 0.0390. The third-order valence-electron chi connectivity index (χ3n) is 2.78. The van der Waals surface area contributed by atoms with Crippen LogP contribution in [0.3, 0.4) is 0 Å². The quantitative estimate of drug-likeness (QED) is 0.760. The summed E-state index contributed by atoms with van der Waals surface area (Å²) < 4.78 is 0.689. The molecule has 1 heterocycles. The van der Waals surface area contributed by atoms with E-state index in [0.717, 1.165) is 4.88 Å². The number of thiophene rings is 1. The first-order chi connectivity index (χ1) is 9.97. The molecule has 0 bridgehead atoms. The topological polar surface area (TPSA) is 78.4 Å². The largest absolute Gasteiger partial charge is 0.478 e. The van der Waals surface area contributed by atoms with Gasteiger partial charge in [0.15, 0.2) is 0 Å². The zero-order valence-corrected chi connectivity index (χ0v) is 13.5. The Morgan fingerprint density at radius 1 is 1.33 bits per heavy atom. The predicted molar refractivity (Wildman–Crippen MR) is 86.0 cm³/mol. The van der Waals surface area contributed by atoms with Crippen LogP contribution in [-0.2, 0) is 0 Å². The first-order valence-electron chi connectivity index (χ1n) is 6.11. The summed E-state index contributed by atoms with van der Waals surface area (Å²) in [5, 5.41) is 16.4. The lowest BCUT2D eigenvalue weighted by Gasteiger charge is -2.14. The van der Waals surface area contributed by atoms with Crippen molar-refractivity contribution in [3.63, 3.8) is 0 Å². The summed E-state index contributed by atoms with van der Waals surface area (Å²) in [7, 11) is 0. The molecule has 0 aliphatic carbocycles. The van der Waals surface area contributed by atoms with E-state index in [9.17, 15) is 9.59 Å². The lowest BCUT2D eigenvalue weighted by Crippen LogP contribution is -2.31. The van der Waals surface area contributed by atoms with E-state index in [1.54, 1.807) is 23.5 Å². The molecule has 0 radical (unpaired) electrons. The normalized spacial score (nSPS) is 11.7. The summed E-state index contributed by atoms with van der Waals surface area (Å²) in [4.78, 5) is 24.1. The average Bonchev–Trinajstić information content (AvgIpc) is 2.91. The van der Waals surface area contributed by atoms with Crippen molar-refractivity contribution in [2.75, 3.05) is 5.32 Å². The first kappa shape index (κ1) is 15.5. The highest BCUT2D eigenvalue weighted by molar-refractivity contribution is 9.10. The maximum Gasteiger partial charge on any atom is 0.337 e. The third kappa shape index (κ3) is 4.05. The van der Waals surface area contributed by atoms with Crippen molar-refractivity contribution in [2.45, 2.75) is 13.0 Å². The highest BCUT2D eigenvalue weighted by Gasteiger charge is 2.15. The molecule has 3 N–H and O–H groups in total. The van der Waals surface area contributed by atoms with Crippen molar-refractivity contribution in [1.82, 2.24) is 5.32 Å². The molecule has 1 aromatic heterocycles. The van der Waals surface area contributed by atoms with Crippen molar-refractivity contribution in [3.8, 4) is 0 Å². The summed E-state index contributed by atoms with van der Waals surface area (Å²) in [5.74, 6) is -1.09. The molecular formula is C14H13BrN2O3S. The number of carbonyl (C=O) groups is 2. The number of carboxylic acids is 1. The molecule has 2 amide bonds. The van der Waals surface area contributed by atoms with Gasteiger partial charge in [0.05, 0.1) is 17.3 Å². The Morgan fingerprint density at radius 2 is 2.10 bits per heavy atom. The lowest BCUT2D eigenvalue weighted by atomic mass is 10.2. The van der Waals surface area contributed by atoms with E-state index in [2.05, 4.69) is 26.6 Å². The fourth-order valence-electron chi connectivity index (χ4n) is 1.77. The number of carboxylic acid groups (broad SMARTS) is 1. The number of aromatic carboxylic acids is 1. The second-order valence-electron chi connectivity index (χ2n) is 4.33. The van der Waals surface area contributed by atoms with Crippen LogP contribution in [0.5, 0.6) is 0 Å². The summed E-state index contributed by atoms with van der Waals surface area (Å²) in [5.41, 5.74) is 0.282. The number of benzene rings is 1. The molecule has 5 nitrogen and oxygen atoms in total. The number of urea groups is 1. The number of halogens is 1. The number of hydrogen-bond acceptors (Lipinski definition) is 3. The molecule has 1 aromatic carbocycles. The number of anilines is 1. The number of carbonyl (C=O) groups excluding carboxylic acids is 1. The number of hydrogen-bond donors (Lipinski definition) is 3. The number of rotatable bonds is 4. The van der Waals surface area contributed by atoms with Gasteiger partial charge in [-0.2, -0.15) is 0 Å². The van der Waals surface area contributed by atoms with Crippen LogP contribution in [0.4, 0.5) is 10.5 Å². The van der Waals surface area contributed by atoms with E-state index in [1.165, 1.54) is 6.07 Å². The second kappa shape index (κ2) is 6.73. The molecule has 2 rings (SSSR count). The zero-order valence-electron chi connectivity index (χ0n) is 11.1. The first-order valence-corrected chi connectivity index (χ1v) is 7.78. The summed E-state index contributed by atoms with van der Waals surface area (Å²) in [6.07, 6.45) is 0. The predicted octanol–water partition coefficient (Wildman–Crippen LogP) is 4.09. The van der Waals surface area contributed by atoms with Gasteiger partial charge < -0.3 is 15.7 Å². The molecule has 0 spiro atoms. The monoisotopic (exact) mass is 368 g/mol. The Bertz CT molecular complexity index is 658. The molecule has 0 saturated carbocycles. The van der Waals surface area contributed by atoms with Gasteiger partial charge in [0.25, 0.3) is 0 Å². The number of amides is 2. The fraction of sp³-hybridized carbons (Fsp3) is 0.143. The van der Waals surface area contributed by atoms with Crippen molar-refractivity contribution in [1.29, 1.82) is 0 Å². The van der Waals surface area contributed by atoms with Gasteiger partial charge >= 0.3 is 12.0 Å². The van der Waals surface area contributed by atoms with Crippen LogP contribution in [0.2, 0.25) is 0 Å². The van der Waals surface area contributed by atoms with Gasteiger partial charge in [-0.15, -0.1) is 11.3 Å². The molecule has 0 aliphatic rings. The molecule has 0 saturated heterocycles. The summed E-state index contributed by atoms with van der Waals surface area (Å²) in [6, 6.07) is 7.84. The van der Waals surface area contributed by atoms with E-state index in [-0.39, 0.29) is 17.3 Å². The van der Waals surface area contributed by atoms with Crippen LogP contribution >= 0.6 is 27.3 Å². The van der Waals surface area contributed by atoms with Gasteiger partial charge in [-0.3, -0.25) is 0 Å². The second-order valence-corrected chi connectivity index (χ2v) is 6.23. The van der Waals surface area contributed by atoms with E-state index in [0.29, 0.717) is 4.47 Å². The molecule has 2 aromatic rings. The van der Waals surface area contributed by atoms with Crippen LogP contribution in [0.1, 0.15) is 28.2 Å². The third-order valence-corrected chi connectivity index (χ3v) is 4.33. The summed E-state index contributed by atoms with van der Waals surface area (Å²) >= 11 is 4.80.